The van der Waals surface area contributed by atoms with Crippen molar-refractivity contribution in [2.24, 2.45) is 0 Å². The minimum Gasteiger partial charge on any atom is -0.507 e. The number of ketones is 2. The highest BCUT2D eigenvalue weighted by atomic mass is 16.8. The summed E-state index contributed by atoms with van der Waals surface area (Å²) in [6, 6.07) is 5.13. The predicted molar refractivity (Wildman–Crippen MR) is 133 cm³/mol. The van der Waals surface area contributed by atoms with Crippen LogP contribution in [0, 0.1) is 6.92 Å². The van der Waals surface area contributed by atoms with E-state index in [2.05, 4.69) is 0 Å². The number of hydrogen-bond acceptors (Lipinski definition) is 14. The van der Waals surface area contributed by atoms with Crippen molar-refractivity contribution in [1.82, 2.24) is 0 Å². The molecule has 2 aliphatic heterocycles. The highest BCUT2D eigenvalue weighted by molar-refractivity contribution is 6.30. The summed E-state index contributed by atoms with van der Waals surface area (Å²) in [5.41, 5.74) is -0.976. The lowest BCUT2D eigenvalue weighted by Gasteiger charge is -2.45. The van der Waals surface area contributed by atoms with Crippen LogP contribution in [0.4, 0.5) is 0 Å². The number of aromatic hydroxyl groups is 2. The molecule has 8 N–H and O–H groups in total. The third kappa shape index (κ3) is 4.76. The molecular weight excluding hydrogens is 548 g/mol. The second-order valence-electron chi connectivity index (χ2n) is 10.2. The zero-order chi connectivity index (χ0) is 29.9. The zero-order valence-electron chi connectivity index (χ0n) is 21.8. The van der Waals surface area contributed by atoms with Crippen molar-refractivity contribution >= 4 is 11.6 Å². The molecule has 0 saturated carbocycles. The highest BCUT2D eigenvalue weighted by Crippen LogP contribution is 2.42. The first-order chi connectivity index (χ1) is 19.4. The molecule has 14 nitrogen and oxygen atoms in total. The number of aliphatic hydroxyl groups excluding tert-OH is 6. The summed E-state index contributed by atoms with van der Waals surface area (Å²) in [4.78, 5) is 26.4. The van der Waals surface area contributed by atoms with Gasteiger partial charge in [0.25, 0.3) is 0 Å². The quantitative estimate of drug-likeness (QED) is 0.167. The topological polar surface area (TPSA) is 233 Å². The van der Waals surface area contributed by atoms with Gasteiger partial charge in [0.1, 0.15) is 53.9 Å². The molecule has 2 aromatic rings. The Kier molecular flexibility index (Phi) is 7.80. The number of phenols is 2. The molecule has 2 heterocycles. The molecule has 2 saturated heterocycles. The number of hydrogen-bond donors (Lipinski definition) is 8. The summed E-state index contributed by atoms with van der Waals surface area (Å²) in [6.45, 7) is 2.02. The Morgan fingerprint density at radius 1 is 0.829 bits per heavy atom. The number of ether oxygens (including phenoxy) is 4. The number of carbonyl (C=O) groups excluding carboxylic acids is 2. The fourth-order valence-electron chi connectivity index (χ4n) is 5.21. The van der Waals surface area contributed by atoms with E-state index in [1.807, 2.05) is 0 Å². The van der Waals surface area contributed by atoms with Gasteiger partial charge < -0.3 is 59.8 Å². The molecule has 10 unspecified atom stereocenters. The van der Waals surface area contributed by atoms with E-state index in [0.29, 0.717) is 0 Å². The van der Waals surface area contributed by atoms with Gasteiger partial charge in [0.2, 0.25) is 12.1 Å². The average Bonchev–Trinajstić information content (AvgIpc) is 2.94. The molecule has 10 atom stereocenters. The Bertz CT molecular complexity index is 1360. The summed E-state index contributed by atoms with van der Waals surface area (Å²) in [7, 11) is 0. The molecule has 41 heavy (non-hydrogen) atoms. The van der Waals surface area contributed by atoms with E-state index in [9.17, 15) is 50.4 Å². The van der Waals surface area contributed by atoms with Gasteiger partial charge in [-0.05, 0) is 26.0 Å². The molecule has 14 heteroatoms. The Labute approximate surface area is 232 Å². The third-order valence-electron chi connectivity index (χ3n) is 7.66. The number of rotatable bonds is 5. The largest absolute Gasteiger partial charge is 0.507 e. The van der Waals surface area contributed by atoms with Crippen molar-refractivity contribution in [3.05, 3.63) is 52.1 Å². The first-order valence-corrected chi connectivity index (χ1v) is 12.8. The summed E-state index contributed by atoms with van der Waals surface area (Å²) in [5, 5.41) is 82.7. The Hall–Kier alpha value is -3.18. The minimum absolute atomic E-state index is 0.0339. The normalized spacial score (nSPS) is 35.1. The van der Waals surface area contributed by atoms with Crippen LogP contribution in [0.1, 0.15) is 44.3 Å². The molecule has 0 amide bonds. The first kappa shape index (κ1) is 29.3. The van der Waals surface area contributed by atoms with E-state index < -0.39 is 91.1 Å². The monoisotopic (exact) mass is 578 g/mol. The Balaban J connectivity index is 1.50. The second-order valence-corrected chi connectivity index (χ2v) is 10.2. The molecule has 3 aliphatic rings. The Morgan fingerprint density at radius 2 is 1.54 bits per heavy atom. The summed E-state index contributed by atoms with van der Waals surface area (Å²) >= 11 is 0. The van der Waals surface area contributed by atoms with Gasteiger partial charge in [-0.3, -0.25) is 9.59 Å². The van der Waals surface area contributed by atoms with Crippen LogP contribution < -0.4 is 4.74 Å². The fourth-order valence-corrected chi connectivity index (χ4v) is 5.21. The van der Waals surface area contributed by atoms with Crippen molar-refractivity contribution in [1.29, 1.82) is 0 Å². The molecule has 0 bridgehead atoms. The third-order valence-corrected chi connectivity index (χ3v) is 7.66. The Morgan fingerprint density at radius 3 is 2.22 bits per heavy atom. The number of aliphatic hydroxyl groups is 6. The lowest BCUT2D eigenvalue weighted by molar-refractivity contribution is -0.354. The second kappa shape index (κ2) is 10.9. The number of carbonyl (C=O) groups is 2. The standard InChI is InChI=1S/C27H30O14/c1-8-13(6-11-16(17(8)30)21(34)15-10(19(11)32)4-3-5-12(15)29)39-27-25(23(36)20(33)14(7-28)40-27)41-26-24(37)22(35)18(31)9(2)38-26/h3-6,9,14,18,20,22-31,33,35-37H,7H2,1-2H3. The molecule has 0 spiro atoms. The lowest BCUT2D eigenvalue weighted by atomic mass is 9.82. The van der Waals surface area contributed by atoms with Gasteiger partial charge in [-0.15, -0.1) is 0 Å². The maximum atomic E-state index is 13.3. The van der Waals surface area contributed by atoms with Gasteiger partial charge in [-0.25, -0.2) is 0 Å². The van der Waals surface area contributed by atoms with Gasteiger partial charge in [0, 0.05) is 16.7 Å². The summed E-state index contributed by atoms with van der Waals surface area (Å²) in [6.07, 6.45) is -15.7. The highest BCUT2D eigenvalue weighted by Gasteiger charge is 2.51. The maximum Gasteiger partial charge on any atom is 0.229 e. The van der Waals surface area contributed by atoms with Crippen molar-refractivity contribution < 1.29 is 69.4 Å². The van der Waals surface area contributed by atoms with E-state index in [1.165, 1.54) is 32.0 Å². The van der Waals surface area contributed by atoms with Crippen molar-refractivity contribution in [3.63, 3.8) is 0 Å². The molecule has 5 rings (SSSR count). The fraction of sp³-hybridized carbons (Fsp3) is 0.481. The van der Waals surface area contributed by atoms with E-state index in [1.54, 1.807) is 0 Å². The van der Waals surface area contributed by atoms with Crippen LogP contribution in [-0.4, -0.2) is 120 Å². The number of fused-ring (bicyclic) bond motifs is 2. The van der Waals surface area contributed by atoms with Crippen LogP contribution in [0.2, 0.25) is 0 Å². The maximum absolute atomic E-state index is 13.3. The zero-order valence-corrected chi connectivity index (χ0v) is 21.8. The smallest absolute Gasteiger partial charge is 0.229 e. The van der Waals surface area contributed by atoms with Crippen LogP contribution in [0.25, 0.3) is 0 Å². The van der Waals surface area contributed by atoms with Crippen LogP contribution in [0.15, 0.2) is 24.3 Å². The van der Waals surface area contributed by atoms with Crippen molar-refractivity contribution in [2.75, 3.05) is 6.61 Å². The van der Waals surface area contributed by atoms with E-state index >= 15 is 0 Å². The molecule has 0 radical (unpaired) electrons. The molecule has 2 aromatic carbocycles. The summed E-state index contributed by atoms with van der Waals surface area (Å²) < 4.78 is 22.6. The van der Waals surface area contributed by atoms with Crippen LogP contribution in [0.3, 0.4) is 0 Å². The predicted octanol–water partition coefficient (Wildman–Crippen LogP) is -1.79. The van der Waals surface area contributed by atoms with Gasteiger partial charge in [0.05, 0.1) is 23.8 Å². The molecule has 2 fully saturated rings. The van der Waals surface area contributed by atoms with E-state index in [4.69, 9.17) is 18.9 Å². The SMILES string of the molecule is Cc1c(OC2OC(CO)C(O)C(O)C2OC2OC(C)C(O)C(O)C2O)cc2c(c1O)C(=O)c1c(O)cccc1C2=O. The first-order valence-electron chi connectivity index (χ1n) is 12.8. The minimum atomic E-state index is -1.80. The average molecular weight is 579 g/mol. The van der Waals surface area contributed by atoms with Crippen LogP contribution in [0.5, 0.6) is 17.2 Å². The van der Waals surface area contributed by atoms with Gasteiger partial charge >= 0.3 is 0 Å². The van der Waals surface area contributed by atoms with Crippen LogP contribution in [-0.2, 0) is 14.2 Å². The van der Waals surface area contributed by atoms with Crippen molar-refractivity contribution in [2.45, 2.75) is 75.3 Å². The molecule has 1 aliphatic carbocycles. The molecule has 222 valence electrons. The van der Waals surface area contributed by atoms with Gasteiger partial charge in [-0.2, -0.15) is 0 Å². The van der Waals surface area contributed by atoms with Gasteiger partial charge in [-0.1, -0.05) is 12.1 Å². The van der Waals surface area contributed by atoms with Crippen LogP contribution >= 0.6 is 0 Å². The van der Waals surface area contributed by atoms with Gasteiger partial charge in [0.15, 0.2) is 18.2 Å². The number of phenolic OH excluding ortho intramolecular Hbond substituents is 2. The number of benzene rings is 2. The summed E-state index contributed by atoms with van der Waals surface area (Å²) in [5.74, 6) is -2.71. The molecule has 0 aromatic heterocycles. The lowest BCUT2D eigenvalue weighted by Crippen LogP contribution is -2.64. The van der Waals surface area contributed by atoms with E-state index in [0.717, 1.165) is 6.07 Å². The molecular formula is C27H30O14. The van der Waals surface area contributed by atoms with E-state index in [-0.39, 0.29) is 33.6 Å². The van der Waals surface area contributed by atoms with Crippen molar-refractivity contribution in [3.8, 4) is 17.2 Å².